The number of hydrazone groups is 1. The molecule has 1 atom stereocenters. The van der Waals surface area contributed by atoms with E-state index >= 15 is 0 Å². The van der Waals surface area contributed by atoms with Crippen LogP contribution in [-0.4, -0.2) is 59.7 Å². The van der Waals surface area contributed by atoms with Gasteiger partial charge < -0.3 is 10.6 Å². The van der Waals surface area contributed by atoms with Crippen LogP contribution in [0.25, 0.3) is 0 Å². The Balaban J connectivity index is 2.03. The second-order valence-corrected chi connectivity index (χ2v) is 6.55. The summed E-state index contributed by atoms with van der Waals surface area (Å²) < 4.78 is 0. The summed E-state index contributed by atoms with van der Waals surface area (Å²) in [6.45, 7) is 1.54. The third kappa shape index (κ3) is 5.97. The number of amides is 2. The lowest BCUT2D eigenvalue weighted by molar-refractivity contribution is -0.125. The molecule has 1 heterocycles. The summed E-state index contributed by atoms with van der Waals surface area (Å²) in [6, 6.07) is 9.55. The van der Waals surface area contributed by atoms with Gasteiger partial charge >= 0.3 is 0 Å². The van der Waals surface area contributed by atoms with Crippen LogP contribution in [0.1, 0.15) is 12.0 Å². The number of hydrogen-bond acceptors (Lipinski definition) is 6. The average Bonchev–Trinajstić information content (AvgIpc) is 3.07. The molecule has 0 radical (unpaired) electrons. The van der Waals surface area contributed by atoms with Crippen molar-refractivity contribution in [2.45, 2.75) is 18.9 Å². The van der Waals surface area contributed by atoms with Gasteiger partial charge in [0.15, 0.2) is 0 Å². The number of hydrogen-bond donors (Lipinski definition) is 4. The Kier molecular flexibility index (Phi) is 8.14. The molecule has 2 rings (SSSR count). The molecular formula is C17H24N4O2S2. The number of nitrogens with one attached hydrogen (secondary N) is 2. The van der Waals surface area contributed by atoms with Gasteiger partial charge in [-0.2, -0.15) is 30.4 Å². The molecule has 0 saturated heterocycles. The highest BCUT2D eigenvalue weighted by atomic mass is 32.1. The molecule has 8 heteroatoms. The summed E-state index contributed by atoms with van der Waals surface area (Å²) in [7, 11) is 0. The van der Waals surface area contributed by atoms with Gasteiger partial charge in [0.05, 0.1) is 0 Å². The third-order valence-corrected chi connectivity index (χ3v) is 4.29. The van der Waals surface area contributed by atoms with Crippen molar-refractivity contribution in [1.82, 2.24) is 15.6 Å². The molecule has 6 nitrogen and oxygen atoms in total. The lowest BCUT2D eigenvalue weighted by atomic mass is 10.1. The lowest BCUT2D eigenvalue weighted by Crippen LogP contribution is -2.44. The van der Waals surface area contributed by atoms with Crippen molar-refractivity contribution in [2.24, 2.45) is 5.10 Å². The molecule has 1 aliphatic heterocycles. The third-order valence-electron chi connectivity index (χ3n) is 3.84. The number of carbonyl (C=O) groups excluding carboxylic acids is 2. The highest BCUT2D eigenvalue weighted by Crippen LogP contribution is 2.17. The van der Waals surface area contributed by atoms with Crippen LogP contribution in [0.2, 0.25) is 0 Å². The number of nitrogens with zero attached hydrogens (tertiary/aromatic N) is 2. The molecule has 0 bridgehead atoms. The van der Waals surface area contributed by atoms with Gasteiger partial charge in [0.1, 0.15) is 11.8 Å². The first kappa shape index (κ1) is 19.7. The van der Waals surface area contributed by atoms with E-state index in [0.29, 0.717) is 43.3 Å². The normalized spacial score (nSPS) is 16.5. The van der Waals surface area contributed by atoms with Crippen molar-refractivity contribution in [1.29, 1.82) is 0 Å². The van der Waals surface area contributed by atoms with Crippen molar-refractivity contribution in [2.75, 3.05) is 31.1 Å². The van der Waals surface area contributed by atoms with Gasteiger partial charge in [-0.25, -0.2) is 0 Å². The van der Waals surface area contributed by atoms with Gasteiger partial charge in [0.25, 0.3) is 5.91 Å². The van der Waals surface area contributed by atoms with E-state index in [2.05, 4.69) is 41.0 Å². The van der Waals surface area contributed by atoms with Gasteiger partial charge in [-0.05, 0) is 12.0 Å². The summed E-state index contributed by atoms with van der Waals surface area (Å²) in [4.78, 5) is 24.6. The smallest absolute Gasteiger partial charge is 0.267 e. The molecule has 0 saturated carbocycles. The molecule has 0 spiro atoms. The standard InChI is InChI=1S/C17H24N4O2S2/c22-16(18-7-10-24)14-12-15(17(23)19-8-11-25)21(20-14)9-6-13-4-2-1-3-5-13/h1-5,15,24-25H,6-12H2,(H,18,22)(H,19,23). The van der Waals surface area contributed by atoms with E-state index in [9.17, 15) is 9.59 Å². The highest BCUT2D eigenvalue weighted by Gasteiger charge is 2.34. The Morgan fingerprint density at radius 3 is 2.48 bits per heavy atom. The molecule has 1 aromatic rings. The molecule has 1 unspecified atom stereocenters. The number of thiol groups is 2. The molecule has 1 aliphatic rings. The fourth-order valence-electron chi connectivity index (χ4n) is 2.58. The van der Waals surface area contributed by atoms with Crippen molar-refractivity contribution >= 4 is 42.8 Å². The minimum absolute atomic E-state index is 0.122. The second kappa shape index (κ2) is 10.4. The number of carbonyl (C=O) groups is 2. The molecule has 25 heavy (non-hydrogen) atoms. The zero-order chi connectivity index (χ0) is 18.1. The first-order chi connectivity index (χ1) is 12.2. The summed E-state index contributed by atoms with van der Waals surface area (Å²) in [5.41, 5.74) is 1.56. The quantitative estimate of drug-likeness (QED) is 0.478. The van der Waals surface area contributed by atoms with Gasteiger partial charge in [-0.15, -0.1) is 0 Å². The first-order valence-corrected chi connectivity index (χ1v) is 9.58. The number of benzene rings is 1. The van der Waals surface area contributed by atoms with Crippen LogP contribution in [0.15, 0.2) is 35.4 Å². The Bertz CT molecular complexity index is 610. The average molecular weight is 381 g/mol. The lowest BCUT2D eigenvalue weighted by Gasteiger charge is -2.22. The fourth-order valence-corrected chi connectivity index (χ4v) is 2.81. The maximum atomic E-state index is 12.4. The zero-order valence-electron chi connectivity index (χ0n) is 14.0. The Morgan fingerprint density at radius 2 is 1.80 bits per heavy atom. The SMILES string of the molecule is O=C(NCCS)C1=NN(CCc2ccccc2)C(C(=O)NCCS)C1. The van der Waals surface area contributed by atoms with E-state index in [0.717, 1.165) is 6.42 Å². The van der Waals surface area contributed by atoms with Gasteiger partial charge in [0.2, 0.25) is 5.91 Å². The molecule has 2 amide bonds. The van der Waals surface area contributed by atoms with E-state index in [4.69, 9.17) is 0 Å². The van der Waals surface area contributed by atoms with E-state index in [1.165, 1.54) is 5.56 Å². The molecule has 2 N–H and O–H groups in total. The second-order valence-electron chi connectivity index (χ2n) is 5.66. The van der Waals surface area contributed by atoms with E-state index in [1.54, 1.807) is 5.01 Å². The van der Waals surface area contributed by atoms with Gasteiger partial charge in [-0.3, -0.25) is 14.6 Å². The van der Waals surface area contributed by atoms with E-state index in [1.807, 2.05) is 30.3 Å². The predicted molar refractivity (Wildman–Crippen MR) is 106 cm³/mol. The molecular weight excluding hydrogens is 356 g/mol. The molecule has 0 aromatic heterocycles. The monoisotopic (exact) mass is 380 g/mol. The van der Waals surface area contributed by atoms with Crippen LogP contribution in [-0.2, 0) is 16.0 Å². The van der Waals surface area contributed by atoms with Crippen molar-refractivity contribution < 1.29 is 9.59 Å². The van der Waals surface area contributed by atoms with Crippen LogP contribution in [0, 0.1) is 0 Å². The molecule has 136 valence electrons. The maximum absolute atomic E-state index is 12.4. The topological polar surface area (TPSA) is 73.8 Å². The summed E-state index contributed by atoms with van der Waals surface area (Å²) in [6.07, 6.45) is 1.07. The largest absolute Gasteiger partial charge is 0.353 e. The minimum atomic E-state index is -0.458. The van der Waals surface area contributed by atoms with Crippen LogP contribution in [0.3, 0.4) is 0 Å². The minimum Gasteiger partial charge on any atom is -0.353 e. The fraction of sp³-hybridized carbons (Fsp3) is 0.471. The molecule has 0 aliphatic carbocycles. The van der Waals surface area contributed by atoms with Gasteiger partial charge in [0, 0.05) is 37.6 Å². The van der Waals surface area contributed by atoms with Crippen LogP contribution >= 0.6 is 25.3 Å². The summed E-state index contributed by atoms with van der Waals surface area (Å²) in [5, 5.41) is 11.7. The van der Waals surface area contributed by atoms with E-state index in [-0.39, 0.29) is 11.8 Å². The van der Waals surface area contributed by atoms with Crippen molar-refractivity contribution in [3.63, 3.8) is 0 Å². The van der Waals surface area contributed by atoms with Crippen molar-refractivity contribution in [3.05, 3.63) is 35.9 Å². The summed E-state index contributed by atoms with van der Waals surface area (Å²) in [5.74, 6) is 0.771. The van der Waals surface area contributed by atoms with Gasteiger partial charge in [-0.1, -0.05) is 30.3 Å². The van der Waals surface area contributed by atoms with Crippen molar-refractivity contribution in [3.8, 4) is 0 Å². The molecule has 0 fully saturated rings. The first-order valence-electron chi connectivity index (χ1n) is 8.31. The van der Waals surface area contributed by atoms with E-state index < -0.39 is 6.04 Å². The summed E-state index contributed by atoms with van der Waals surface area (Å²) >= 11 is 8.19. The Morgan fingerprint density at radius 1 is 1.12 bits per heavy atom. The molecule has 1 aromatic carbocycles. The zero-order valence-corrected chi connectivity index (χ0v) is 15.8. The maximum Gasteiger partial charge on any atom is 0.267 e. The predicted octanol–water partition coefficient (Wildman–Crippen LogP) is 0.751. The van der Waals surface area contributed by atoms with Crippen LogP contribution in [0.4, 0.5) is 0 Å². The number of rotatable bonds is 9. The highest BCUT2D eigenvalue weighted by molar-refractivity contribution is 7.80. The van der Waals surface area contributed by atoms with Crippen LogP contribution in [0.5, 0.6) is 0 Å². The Hall–Kier alpha value is -1.67. The Labute approximate surface area is 159 Å². The van der Waals surface area contributed by atoms with Crippen LogP contribution < -0.4 is 10.6 Å².